The fraction of sp³-hybridized carbons (Fsp3) is 0.0625. The molecule has 2 aromatic heterocycles. The first-order valence-electron chi connectivity index (χ1n) is 6.58. The highest BCUT2D eigenvalue weighted by molar-refractivity contribution is 6.02. The van der Waals surface area contributed by atoms with Gasteiger partial charge in [0.05, 0.1) is 11.4 Å². The molecule has 1 amide bonds. The monoisotopic (exact) mass is 278 g/mol. The van der Waals surface area contributed by atoms with Crippen LogP contribution in [0.3, 0.4) is 0 Å². The average Bonchev–Trinajstić information content (AvgIpc) is 2.89. The van der Waals surface area contributed by atoms with E-state index in [4.69, 9.17) is 0 Å². The topological polar surface area (TPSA) is 59.8 Å². The molecule has 1 aromatic carbocycles. The number of carbonyl (C=O) groups excluding carboxylic acids is 1. The molecule has 3 aromatic rings. The van der Waals surface area contributed by atoms with Gasteiger partial charge in [0.1, 0.15) is 11.5 Å². The molecule has 21 heavy (non-hydrogen) atoms. The molecule has 3 rings (SSSR count). The summed E-state index contributed by atoms with van der Waals surface area (Å²) in [4.78, 5) is 16.2. The lowest BCUT2D eigenvalue weighted by atomic mass is 10.3. The smallest absolute Gasteiger partial charge is 0.275 e. The molecule has 5 heteroatoms. The van der Waals surface area contributed by atoms with Crippen LogP contribution in [0.4, 0.5) is 5.82 Å². The zero-order valence-corrected chi connectivity index (χ0v) is 11.5. The molecule has 0 atom stereocenters. The fourth-order valence-electron chi connectivity index (χ4n) is 2.03. The summed E-state index contributed by atoms with van der Waals surface area (Å²) in [5.41, 5.74) is 2.09. The second kappa shape index (κ2) is 5.58. The summed E-state index contributed by atoms with van der Waals surface area (Å²) in [6.45, 7) is 1.88. The molecule has 0 saturated carbocycles. The highest BCUT2D eigenvalue weighted by Gasteiger charge is 2.12. The Morgan fingerprint density at radius 3 is 2.57 bits per heavy atom. The summed E-state index contributed by atoms with van der Waals surface area (Å²) >= 11 is 0. The second-order valence-electron chi connectivity index (χ2n) is 4.59. The highest BCUT2D eigenvalue weighted by Crippen LogP contribution is 2.17. The Kier molecular flexibility index (Phi) is 3.47. The van der Waals surface area contributed by atoms with E-state index < -0.39 is 0 Å². The van der Waals surface area contributed by atoms with Crippen LogP contribution in [0.25, 0.3) is 5.69 Å². The molecule has 0 aliphatic carbocycles. The number of benzene rings is 1. The molecule has 0 unspecified atom stereocenters. The third-order valence-electron chi connectivity index (χ3n) is 2.97. The summed E-state index contributed by atoms with van der Waals surface area (Å²) in [7, 11) is 0. The van der Waals surface area contributed by atoms with E-state index in [-0.39, 0.29) is 5.91 Å². The van der Waals surface area contributed by atoms with Gasteiger partial charge in [-0.25, -0.2) is 4.68 Å². The van der Waals surface area contributed by atoms with E-state index >= 15 is 0 Å². The number of hydrogen-bond acceptors (Lipinski definition) is 3. The van der Waals surface area contributed by atoms with E-state index in [9.17, 15) is 4.79 Å². The summed E-state index contributed by atoms with van der Waals surface area (Å²) in [5.74, 6) is 0.363. The number of aryl methyl sites for hydroxylation is 1. The number of rotatable bonds is 3. The second-order valence-corrected chi connectivity index (χ2v) is 4.59. The van der Waals surface area contributed by atoms with Gasteiger partial charge in [0.2, 0.25) is 0 Å². The highest BCUT2D eigenvalue weighted by atomic mass is 16.2. The number of anilines is 1. The van der Waals surface area contributed by atoms with Crippen LogP contribution < -0.4 is 5.32 Å². The van der Waals surface area contributed by atoms with Gasteiger partial charge in [-0.1, -0.05) is 24.3 Å². The van der Waals surface area contributed by atoms with Gasteiger partial charge in [0.15, 0.2) is 0 Å². The molecular weight excluding hydrogens is 264 g/mol. The van der Waals surface area contributed by atoms with Crippen molar-refractivity contribution in [3.8, 4) is 5.69 Å². The molecule has 0 bridgehead atoms. The van der Waals surface area contributed by atoms with Crippen molar-refractivity contribution in [3.05, 3.63) is 72.2 Å². The summed E-state index contributed by atoms with van der Waals surface area (Å²) < 4.78 is 1.70. The van der Waals surface area contributed by atoms with Crippen molar-refractivity contribution < 1.29 is 4.79 Å². The third kappa shape index (κ3) is 2.81. The van der Waals surface area contributed by atoms with Crippen molar-refractivity contribution in [2.24, 2.45) is 0 Å². The van der Waals surface area contributed by atoms with Crippen molar-refractivity contribution >= 4 is 11.7 Å². The Balaban J connectivity index is 1.92. The molecule has 104 valence electrons. The van der Waals surface area contributed by atoms with E-state index in [0.717, 1.165) is 11.4 Å². The molecule has 5 nitrogen and oxygen atoms in total. The quantitative estimate of drug-likeness (QED) is 0.801. The number of pyridine rings is 1. The lowest BCUT2D eigenvalue weighted by molar-refractivity contribution is 0.102. The molecule has 0 radical (unpaired) electrons. The van der Waals surface area contributed by atoms with Crippen molar-refractivity contribution in [2.45, 2.75) is 6.92 Å². The van der Waals surface area contributed by atoms with Crippen LogP contribution in [0.1, 0.15) is 16.2 Å². The van der Waals surface area contributed by atoms with Gasteiger partial charge in [-0.3, -0.25) is 9.78 Å². The molecule has 2 heterocycles. The van der Waals surface area contributed by atoms with Crippen molar-refractivity contribution in [3.63, 3.8) is 0 Å². The SMILES string of the molecule is Cc1cc(NC(=O)c2ccccn2)n(-c2ccccc2)n1. The largest absolute Gasteiger partial charge is 0.305 e. The van der Waals surface area contributed by atoms with Crippen molar-refractivity contribution in [2.75, 3.05) is 5.32 Å². The van der Waals surface area contributed by atoms with Crippen LogP contribution in [0, 0.1) is 6.92 Å². The maximum atomic E-state index is 12.2. The number of nitrogens with one attached hydrogen (secondary N) is 1. The van der Waals surface area contributed by atoms with Gasteiger partial charge < -0.3 is 5.32 Å². The van der Waals surface area contributed by atoms with Gasteiger partial charge in [-0.15, -0.1) is 0 Å². The Morgan fingerprint density at radius 2 is 1.86 bits per heavy atom. The Hall–Kier alpha value is -2.95. The summed E-state index contributed by atoms with van der Waals surface area (Å²) in [6.07, 6.45) is 1.59. The fourth-order valence-corrected chi connectivity index (χ4v) is 2.03. The number of amides is 1. The van der Waals surface area contributed by atoms with Crippen LogP contribution in [0.5, 0.6) is 0 Å². The maximum absolute atomic E-state index is 12.2. The number of carbonyl (C=O) groups is 1. The van der Waals surface area contributed by atoms with E-state index in [0.29, 0.717) is 11.5 Å². The first kappa shape index (κ1) is 13.1. The van der Waals surface area contributed by atoms with Crippen LogP contribution in [0.15, 0.2) is 60.8 Å². The maximum Gasteiger partial charge on any atom is 0.275 e. The molecule has 0 aliphatic heterocycles. The number of aromatic nitrogens is 3. The van der Waals surface area contributed by atoms with Crippen LogP contribution in [-0.2, 0) is 0 Å². The van der Waals surface area contributed by atoms with Gasteiger partial charge in [-0.05, 0) is 31.2 Å². The van der Waals surface area contributed by atoms with Gasteiger partial charge in [0.25, 0.3) is 5.91 Å². The van der Waals surface area contributed by atoms with Gasteiger partial charge >= 0.3 is 0 Å². The minimum atomic E-state index is -0.257. The van der Waals surface area contributed by atoms with Gasteiger partial charge in [0, 0.05) is 12.3 Å². The van der Waals surface area contributed by atoms with Crippen LogP contribution in [-0.4, -0.2) is 20.7 Å². The minimum Gasteiger partial charge on any atom is -0.305 e. The minimum absolute atomic E-state index is 0.257. The summed E-state index contributed by atoms with van der Waals surface area (Å²) in [5, 5.41) is 7.25. The standard InChI is InChI=1S/C16H14N4O/c1-12-11-15(18-16(21)14-9-5-6-10-17-14)20(19-12)13-7-3-2-4-8-13/h2-11H,1H3,(H,18,21). The van der Waals surface area contributed by atoms with Gasteiger partial charge in [-0.2, -0.15) is 5.10 Å². The number of hydrogen-bond donors (Lipinski definition) is 1. The zero-order chi connectivity index (χ0) is 14.7. The normalized spacial score (nSPS) is 10.3. The van der Waals surface area contributed by atoms with Crippen molar-refractivity contribution in [1.82, 2.24) is 14.8 Å². The lowest BCUT2D eigenvalue weighted by Crippen LogP contribution is -2.16. The summed E-state index contributed by atoms with van der Waals surface area (Å²) in [6, 6.07) is 16.7. The number of nitrogens with zero attached hydrogens (tertiary/aromatic N) is 3. The molecule has 1 N–H and O–H groups in total. The van der Waals surface area contributed by atoms with E-state index in [1.165, 1.54) is 0 Å². The molecule has 0 spiro atoms. The molecule has 0 fully saturated rings. The first-order chi connectivity index (χ1) is 10.2. The lowest BCUT2D eigenvalue weighted by Gasteiger charge is -2.08. The first-order valence-corrected chi connectivity index (χ1v) is 6.58. The van der Waals surface area contributed by atoms with E-state index in [1.54, 1.807) is 29.1 Å². The molecule has 0 aliphatic rings. The van der Waals surface area contributed by atoms with E-state index in [2.05, 4.69) is 15.4 Å². The zero-order valence-electron chi connectivity index (χ0n) is 11.5. The Morgan fingerprint density at radius 1 is 1.10 bits per heavy atom. The van der Waals surface area contributed by atoms with E-state index in [1.807, 2.05) is 43.3 Å². The molecule has 0 saturated heterocycles. The predicted molar refractivity (Wildman–Crippen MR) is 80.5 cm³/mol. The third-order valence-corrected chi connectivity index (χ3v) is 2.97. The van der Waals surface area contributed by atoms with Crippen molar-refractivity contribution in [1.29, 1.82) is 0 Å². The Labute approximate surface area is 122 Å². The van der Waals surface area contributed by atoms with Crippen LogP contribution >= 0.6 is 0 Å². The number of para-hydroxylation sites is 1. The average molecular weight is 278 g/mol. The van der Waals surface area contributed by atoms with Crippen LogP contribution in [0.2, 0.25) is 0 Å². The predicted octanol–water partition coefficient (Wildman–Crippen LogP) is 2.83. The Bertz CT molecular complexity index is 750. The molecular formula is C16H14N4O.